The van der Waals surface area contributed by atoms with Crippen LogP contribution >= 0.6 is 15.9 Å². The van der Waals surface area contributed by atoms with Crippen LogP contribution in [0.15, 0.2) is 4.73 Å². The van der Waals surface area contributed by atoms with Gasteiger partial charge in [-0.1, -0.05) is 19.6 Å². The highest BCUT2D eigenvalue weighted by molar-refractivity contribution is 9.10. The van der Waals surface area contributed by atoms with Gasteiger partial charge in [-0.25, -0.2) is 4.68 Å². The van der Waals surface area contributed by atoms with Crippen molar-refractivity contribution in [3.63, 3.8) is 0 Å². The second kappa shape index (κ2) is 7.01. The Labute approximate surface area is 129 Å². The summed E-state index contributed by atoms with van der Waals surface area (Å²) in [7, 11) is -1.03. The van der Waals surface area contributed by atoms with E-state index in [2.05, 4.69) is 50.6 Å². The average molecular weight is 363 g/mol. The topological polar surface area (TPSA) is 52.4 Å². The van der Waals surface area contributed by atoms with E-state index in [1.54, 1.807) is 4.68 Å². The number of anilines is 1. The zero-order valence-electron chi connectivity index (χ0n) is 12.4. The number of aromatic nitrogens is 3. The van der Waals surface area contributed by atoms with Crippen molar-refractivity contribution >= 4 is 30.0 Å². The number of halogens is 1. The number of hydrogen-bond acceptors (Lipinski definition) is 5. The maximum Gasteiger partial charge on any atom is 0.245 e. The second-order valence-electron chi connectivity index (χ2n) is 6.13. The van der Waals surface area contributed by atoms with E-state index < -0.39 is 8.07 Å². The van der Waals surface area contributed by atoms with Gasteiger partial charge in [0.05, 0.1) is 13.2 Å². The number of rotatable bonds is 6. The SMILES string of the molecule is C[Si](C)(C)CCOCn1nc(N2CCOCC2)nc1Br. The van der Waals surface area contributed by atoms with Crippen LogP contribution in [0.1, 0.15) is 0 Å². The van der Waals surface area contributed by atoms with Crippen LogP contribution in [0, 0.1) is 0 Å². The van der Waals surface area contributed by atoms with Crippen LogP contribution in [0.4, 0.5) is 5.95 Å². The van der Waals surface area contributed by atoms with E-state index in [-0.39, 0.29) is 0 Å². The molecule has 0 aliphatic carbocycles. The largest absolute Gasteiger partial charge is 0.378 e. The molecule has 0 spiro atoms. The van der Waals surface area contributed by atoms with Crippen molar-refractivity contribution < 1.29 is 9.47 Å². The Morgan fingerprint density at radius 1 is 1.30 bits per heavy atom. The average Bonchev–Trinajstić information content (AvgIpc) is 2.76. The third-order valence-electron chi connectivity index (χ3n) is 3.12. The van der Waals surface area contributed by atoms with Crippen molar-refractivity contribution in [3.8, 4) is 0 Å². The van der Waals surface area contributed by atoms with Crippen molar-refractivity contribution in [3.05, 3.63) is 4.73 Å². The van der Waals surface area contributed by atoms with E-state index >= 15 is 0 Å². The highest BCUT2D eigenvalue weighted by atomic mass is 79.9. The van der Waals surface area contributed by atoms with Crippen molar-refractivity contribution in [2.75, 3.05) is 37.8 Å². The molecule has 0 N–H and O–H groups in total. The molecule has 1 aromatic rings. The van der Waals surface area contributed by atoms with E-state index in [9.17, 15) is 0 Å². The Hall–Kier alpha value is -0.443. The normalized spacial score (nSPS) is 16.7. The molecule has 114 valence electrons. The second-order valence-corrected chi connectivity index (χ2v) is 12.5. The lowest BCUT2D eigenvalue weighted by atomic mass is 10.4. The smallest absolute Gasteiger partial charge is 0.245 e. The molecule has 0 aromatic carbocycles. The van der Waals surface area contributed by atoms with E-state index in [1.165, 1.54) is 0 Å². The van der Waals surface area contributed by atoms with Gasteiger partial charge in [-0.2, -0.15) is 4.98 Å². The minimum atomic E-state index is -1.03. The number of nitrogens with zero attached hydrogens (tertiary/aromatic N) is 4. The summed E-state index contributed by atoms with van der Waals surface area (Å²) in [6, 6.07) is 1.16. The van der Waals surface area contributed by atoms with Gasteiger partial charge in [-0.05, 0) is 22.0 Å². The minimum absolute atomic E-state index is 0.447. The third-order valence-corrected chi connectivity index (χ3v) is 5.41. The Bertz CT molecular complexity index is 430. The molecule has 8 heteroatoms. The molecule has 1 fully saturated rings. The zero-order chi connectivity index (χ0) is 14.6. The molecule has 1 aliphatic heterocycles. The van der Waals surface area contributed by atoms with E-state index in [0.717, 1.165) is 44.9 Å². The summed E-state index contributed by atoms with van der Waals surface area (Å²) in [5.41, 5.74) is 0. The Balaban J connectivity index is 1.84. The van der Waals surface area contributed by atoms with Crippen LogP contribution in [0.2, 0.25) is 25.7 Å². The molecular formula is C12H23BrN4O2Si. The Morgan fingerprint density at radius 3 is 2.65 bits per heavy atom. The number of morpholine rings is 1. The van der Waals surface area contributed by atoms with Crippen molar-refractivity contribution in [1.29, 1.82) is 0 Å². The maximum atomic E-state index is 5.70. The summed E-state index contributed by atoms with van der Waals surface area (Å²) in [4.78, 5) is 6.56. The quantitative estimate of drug-likeness (QED) is 0.573. The van der Waals surface area contributed by atoms with Crippen molar-refractivity contribution in [2.45, 2.75) is 32.4 Å². The van der Waals surface area contributed by atoms with Crippen LogP contribution in [0.25, 0.3) is 0 Å². The van der Waals surface area contributed by atoms with Crippen LogP contribution in [0.3, 0.4) is 0 Å². The molecule has 2 rings (SSSR count). The molecule has 1 aromatic heterocycles. The standard InChI is InChI=1S/C12H23BrN4O2Si/c1-20(2,3)9-8-19-10-17-11(13)14-12(15-17)16-4-6-18-7-5-16/h4-10H2,1-3H3. The van der Waals surface area contributed by atoms with Crippen molar-refractivity contribution in [2.24, 2.45) is 0 Å². The molecule has 0 radical (unpaired) electrons. The van der Waals surface area contributed by atoms with Crippen molar-refractivity contribution in [1.82, 2.24) is 14.8 Å². The molecule has 6 nitrogen and oxygen atoms in total. The van der Waals surface area contributed by atoms with Gasteiger partial charge in [0.1, 0.15) is 6.73 Å². The van der Waals surface area contributed by atoms with E-state index in [0.29, 0.717) is 11.5 Å². The Kier molecular flexibility index (Phi) is 5.59. The van der Waals surface area contributed by atoms with E-state index in [1.807, 2.05) is 0 Å². The predicted octanol–water partition coefficient (Wildman–Crippen LogP) is 2.19. The summed E-state index contributed by atoms with van der Waals surface area (Å²) < 4.78 is 13.5. The maximum absolute atomic E-state index is 5.70. The summed E-state index contributed by atoms with van der Waals surface area (Å²) in [6.45, 7) is 11.4. The fourth-order valence-electron chi connectivity index (χ4n) is 1.82. The lowest BCUT2D eigenvalue weighted by Gasteiger charge is -2.25. The third kappa shape index (κ3) is 4.83. The first-order valence-corrected chi connectivity index (χ1v) is 11.5. The first kappa shape index (κ1) is 15.9. The molecule has 0 unspecified atom stereocenters. The van der Waals surface area contributed by atoms with Gasteiger partial charge in [0.2, 0.25) is 5.95 Å². The van der Waals surface area contributed by atoms with Gasteiger partial charge in [0.25, 0.3) is 0 Å². The van der Waals surface area contributed by atoms with Crippen LogP contribution in [-0.2, 0) is 16.2 Å². The lowest BCUT2D eigenvalue weighted by molar-refractivity contribution is 0.0765. The molecule has 2 heterocycles. The summed E-state index contributed by atoms with van der Waals surface area (Å²) >= 11 is 3.44. The van der Waals surface area contributed by atoms with Crippen LogP contribution in [0.5, 0.6) is 0 Å². The fourth-order valence-corrected chi connectivity index (χ4v) is 2.92. The summed E-state index contributed by atoms with van der Waals surface area (Å²) in [6.07, 6.45) is 0. The van der Waals surface area contributed by atoms with Gasteiger partial charge in [-0.15, -0.1) is 5.10 Å². The lowest BCUT2D eigenvalue weighted by Crippen LogP contribution is -2.37. The molecular weight excluding hydrogens is 340 g/mol. The van der Waals surface area contributed by atoms with Gasteiger partial charge >= 0.3 is 0 Å². The first-order chi connectivity index (χ1) is 9.46. The summed E-state index contributed by atoms with van der Waals surface area (Å²) in [5, 5.41) is 4.48. The molecule has 1 aliphatic rings. The molecule has 0 amide bonds. The fraction of sp³-hybridized carbons (Fsp3) is 0.833. The number of hydrogen-bond donors (Lipinski definition) is 0. The molecule has 0 atom stereocenters. The molecule has 1 saturated heterocycles. The van der Waals surface area contributed by atoms with Gasteiger partial charge in [0, 0.05) is 27.8 Å². The van der Waals surface area contributed by atoms with Crippen LogP contribution < -0.4 is 4.90 Å². The Morgan fingerprint density at radius 2 is 2.00 bits per heavy atom. The van der Waals surface area contributed by atoms with Gasteiger partial charge in [-0.3, -0.25) is 0 Å². The minimum Gasteiger partial charge on any atom is -0.378 e. The van der Waals surface area contributed by atoms with Gasteiger partial charge < -0.3 is 14.4 Å². The first-order valence-electron chi connectivity index (χ1n) is 6.96. The predicted molar refractivity (Wildman–Crippen MR) is 84.9 cm³/mol. The molecule has 20 heavy (non-hydrogen) atoms. The molecule has 0 saturated carbocycles. The summed E-state index contributed by atoms with van der Waals surface area (Å²) in [5.74, 6) is 0.744. The van der Waals surface area contributed by atoms with Crippen LogP contribution in [-0.4, -0.2) is 55.7 Å². The zero-order valence-corrected chi connectivity index (χ0v) is 15.0. The highest BCUT2D eigenvalue weighted by Gasteiger charge is 2.17. The monoisotopic (exact) mass is 362 g/mol. The highest BCUT2D eigenvalue weighted by Crippen LogP contribution is 2.16. The number of ether oxygens (including phenoxy) is 2. The van der Waals surface area contributed by atoms with E-state index in [4.69, 9.17) is 9.47 Å². The van der Waals surface area contributed by atoms with Gasteiger partial charge in [0.15, 0.2) is 4.73 Å². The molecule has 0 bridgehead atoms.